The lowest BCUT2D eigenvalue weighted by atomic mass is 10.1. The minimum absolute atomic E-state index is 0.0331. The Labute approximate surface area is 119 Å². The molecule has 1 rings (SSSR count). The first-order valence-corrected chi connectivity index (χ1v) is 6.37. The van der Waals surface area contributed by atoms with E-state index in [1.807, 2.05) is 24.3 Å². The molecular formula is C12H14INO4. The molecule has 0 aliphatic rings. The summed E-state index contributed by atoms with van der Waals surface area (Å²) in [5.74, 6) is -1.31. The van der Waals surface area contributed by atoms with Crippen molar-refractivity contribution in [1.82, 2.24) is 5.32 Å². The fraction of sp³-hybridized carbons (Fsp3) is 0.333. The Kier molecular flexibility index (Phi) is 6.06. The van der Waals surface area contributed by atoms with Gasteiger partial charge in [0.05, 0.1) is 13.0 Å². The van der Waals surface area contributed by atoms with E-state index in [-0.39, 0.29) is 18.9 Å². The summed E-state index contributed by atoms with van der Waals surface area (Å²) < 4.78 is 5.77. The minimum Gasteiger partial charge on any atom is -0.479 e. The van der Waals surface area contributed by atoms with Crippen LogP contribution in [-0.4, -0.2) is 36.7 Å². The van der Waals surface area contributed by atoms with E-state index < -0.39 is 12.1 Å². The standard InChI is InChI=1S/C12H14INO4/c1-18-10(12(16)17)7-14-11(15)6-8-3-2-4-9(13)5-8/h2-5,10H,6-7H2,1H3,(H,14,15)(H,16,17). The van der Waals surface area contributed by atoms with Gasteiger partial charge in [-0.3, -0.25) is 4.79 Å². The van der Waals surface area contributed by atoms with E-state index in [0.29, 0.717) is 0 Å². The number of aliphatic carboxylic acids is 1. The maximum absolute atomic E-state index is 11.6. The first-order chi connectivity index (χ1) is 8.52. The lowest BCUT2D eigenvalue weighted by Crippen LogP contribution is -2.38. The highest BCUT2D eigenvalue weighted by molar-refractivity contribution is 14.1. The van der Waals surface area contributed by atoms with E-state index >= 15 is 0 Å². The molecule has 1 amide bonds. The molecule has 0 aliphatic heterocycles. The number of carbonyl (C=O) groups excluding carboxylic acids is 1. The van der Waals surface area contributed by atoms with Crippen LogP contribution in [-0.2, 0) is 20.7 Å². The predicted octanol–water partition coefficient (Wildman–Crippen LogP) is 1.05. The number of hydrogen-bond acceptors (Lipinski definition) is 3. The van der Waals surface area contributed by atoms with E-state index in [1.54, 1.807) is 0 Å². The number of carboxylic acids is 1. The van der Waals surface area contributed by atoms with Crippen molar-refractivity contribution in [2.45, 2.75) is 12.5 Å². The van der Waals surface area contributed by atoms with Gasteiger partial charge in [-0.1, -0.05) is 12.1 Å². The first kappa shape index (κ1) is 14.9. The van der Waals surface area contributed by atoms with Gasteiger partial charge in [0, 0.05) is 10.7 Å². The third-order valence-electron chi connectivity index (χ3n) is 2.30. The summed E-state index contributed by atoms with van der Waals surface area (Å²) in [5, 5.41) is 11.3. The topological polar surface area (TPSA) is 75.6 Å². The molecule has 0 bridgehead atoms. The molecule has 18 heavy (non-hydrogen) atoms. The highest BCUT2D eigenvalue weighted by Gasteiger charge is 2.17. The average Bonchev–Trinajstić information content (AvgIpc) is 2.29. The van der Waals surface area contributed by atoms with Crippen LogP contribution in [0.5, 0.6) is 0 Å². The Bertz CT molecular complexity index is 436. The normalized spacial score (nSPS) is 11.9. The summed E-state index contributed by atoms with van der Waals surface area (Å²) >= 11 is 2.17. The molecule has 0 heterocycles. The van der Waals surface area contributed by atoms with Crippen LogP contribution < -0.4 is 5.32 Å². The molecule has 0 aliphatic carbocycles. The molecule has 98 valence electrons. The Hall–Kier alpha value is -1.15. The molecule has 0 fully saturated rings. The van der Waals surface area contributed by atoms with Crippen molar-refractivity contribution in [2.24, 2.45) is 0 Å². The molecule has 1 unspecified atom stereocenters. The zero-order valence-electron chi connectivity index (χ0n) is 9.85. The summed E-state index contributed by atoms with van der Waals surface area (Å²) in [4.78, 5) is 22.3. The zero-order valence-corrected chi connectivity index (χ0v) is 12.0. The highest BCUT2D eigenvalue weighted by atomic mass is 127. The van der Waals surface area contributed by atoms with Crippen molar-refractivity contribution in [3.63, 3.8) is 0 Å². The summed E-state index contributed by atoms with van der Waals surface area (Å²) in [6, 6.07) is 7.57. The second-order valence-electron chi connectivity index (χ2n) is 3.67. The van der Waals surface area contributed by atoms with E-state index in [9.17, 15) is 9.59 Å². The van der Waals surface area contributed by atoms with Crippen molar-refractivity contribution in [2.75, 3.05) is 13.7 Å². The lowest BCUT2D eigenvalue weighted by molar-refractivity contribution is -0.148. The van der Waals surface area contributed by atoms with Gasteiger partial charge >= 0.3 is 5.97 Å². The molecule has 1 aromatic carbocycles. The molecule has 5 nitrogen and oxygen atoms in total. The van der Waals surface area contributed by atoms with Crippen LogP contribution >= 0.6 is 22.6 Å². The number of benzene rings is 1. The van der Waals surface area contributed by atoms with Gasteiger partial charge in [-0.15, -0.1) is 0 Å². The van der Waals surface area contributed by atoms with Gasteiger partial charge in [-0.2, -0.15) is 0 Å². The van der Waals surface area contributed by atoms with Gasteiger partial charge in [0.2, 0.25) is 5.91 Å². The first-order valence-electron chi connectivity index (χ1n) is 5.29. The number of rotatable bonds is 6. The van der Waals surface area contributed by atoms with Crippen molar-refractivity contribution in [3.8, 4) is 0 Å². The SMILES string of the molecule is COC(CNC(=O)Cc1cccc(I)c1)C(=O)O. The summed E-state index contributed by atoms with van der Waals surface area (Å²) in [5.41, 5.74) is 0.892. The van der Waals surface area contributed by atoms with E-state index in [4.69, 9.17) is 9.84 Å². The molecule has 0 radical (unpaired) electrons. The highest BCUT2D eigenvalue weighted by Crippen LogP contribution is 2.08. The molecular weight excluding hydrogens is 349 g/mol. The third-order valence-corrected chi connectivity index (χ3v) is 2.97. The Morgan fingerprint density at radius 1 is 1.50 bits per heavy atom. The monoisotopic (exact) mass is 363 g/mol. The number of amides is 1. The van der Waals surface area contributed by atoms with Crippen molar-refractivity contribution in [3.05, 3.63) is 33.4 Å². The van der Waals surface area contributed by atoms with Crippen LogP contribution in [0.4, 0.5) is 0 Å². The van der Waals surface area contributed by atoms with Gasteiger partial charge in [0.15, 0.2) is 6.10 Å². The summed E-state index contributed by atoms with van der Waals surface area (Å²) in [7, 11) is 1.30. The molecule has 1 atom stereocenters. The van der Waals surface area contributed by atoms with Crippen LogP contribution in [0.1, 0.15) is 5.56 Å². The second-order valence-corrected chi connectivity index (χ2v) is 4.92. The van der Waals surface area contributed by atoms with Crippen molar-refractivity contribution in [1.29, 1.82) is 0 Å². The van der Waals surface area contributed by atoms with Crippen LogP contribution in [0, 0.1) is 3.57 Å². The summed E-state index contributed by atoms with van der Waals surface area (Å²) in [6.45, 7) is -0.0331. The van der Waals surface area contributed by atoms with E-state index in [0.717, 1.165) is 9.13 Å². The predicted molar refractivity (Wildman–Crippen MR) is 74.3 cm³/mol. The molecule has 6 heteroatoms. The number of ether oxygens (including phenoxy) is 1. The van der Waals surface area contributed by atoms with Crippen LogP contribution in [0.25, 0.3) is 0 Å². The van der Waals surface area contributed by atoms with Crippen molar-refractivity contribution >= 4 is 34.5 Å². The fourth-order valence-corrected chi connectivity index (χ4v) is 1.98. The van der Waals surface area contributed by atoms with Crippen LogP contribution in [0.2, 0.25) is 0 Å². The molecule has 0 aromatic heterocycles. The van der Waals surface area contributed by atoms with Crippen molar-refractivity contribution < 1.29 is 19.4 Å². The fourth-order valence-electron chi connectivity index (χ4n) is 1.37. The minimum atomic E-state index is -1.09. The Morgan fingerprint density at radius 3 is 2.78 bits per heavy atom. The van der Waals surface area contributed by atoms with E-state index in [1.165, 1.54) is 7.11 Å². The number of nitrogens with one attached hydrogen (secondary N) is 1. The molecule has 0 saturated carbocycles. The quantitative estimate of drug-likeness (QED) is 0.741. The number of carbonyl (C=O) groups is 2. The van der Waals surface area contributed by atoms with E-state index in [2.05, 4.69) is 27.9 Å². The maximum Gasteiger partial charge on any atom is 0.334 e. The third kappa shape index (κ3) is 5.01. The van der Waals surface area contributed by atoms with Gasteiger partial charge in [0.25, 0.3) is 0 Å². The lowest BCUT2D eigenvalue weighted by Gasteiger charge is -2.11. The Morgan fingerprint density at radius 2 is 2.22 bits per heavy atom. The Balaban J connectivity index is 2.45. The smallest absolute Gasteiger partial charge is 0.334 e. The second kappa shape index (κ2) is 7.32. The number of methoxy groups -OCH3 is 1. The molecule has 0 saturated heterocycles. The zero-order chi connectivity index (χ0) is 13.5. The maximum atomic E-state index is 11.6. The average molecular weight is 363 g/mol. The number of hydrogen-bond donors (Lipinski definition) is 2. The van der Waals surface area contributed by atoms with Gasteiger partial charge in [-0.05, 0) is 40.3 Å². The molecule has 2 N–H and O–H groups in total. The van der Waals surface area contributed by atoms with Crippen LogP contribution in [0.3, 0.4) is 0 Å². The van der Waals surface area contributed by atoms with Gasteiger partial charge in [-0.25, -0.2) is 4.79 Å². The molecule has 0 spiro atoms. The number of carboxylic acid groups (broad SMARTS) is 1. The van der Waals surface area contributed by atoms with Gasteiger partial charge in [0.1, 0.15) is 0 Å². The largest absolute Gasteiger partial charge is 0.479 e. The van der Waals surface area contributed by atoms with Crippen LogP contribution in [0.15, 0.2) is 24.3 Å². The molecule has 1 aromatic rings. The number of halogens is 1. The van der Waals surface area contributed by atoms with Gasteiger partial charge < -0.3 is 15.2 Å². The summed E-state index contributed by atoms with van der Waals surface area (Å²) in [6.07, 6.45) is -0.780.